The van der Waals surface area contributed by atoms with Crippen molar-refractivity contribution < 1.29 is 19.1 Å². The number of hydrogen-bond acceptors (Lipinski definition) is 4. The lowest BCUT2D eigenvalue weighted by Gasteiger charge is -2.38. The first kappa shape index (κ1) is 15.9. The molecule has 4 amide bonds. The molecular weight excluding hydrogens is 272 g/mol. The Labute approximate surface area is 125 Å². The Bertz CT molecular complexity index is 429. The summed E-state index contributed by atoms with van der Waals surface area (Å²) in [6.07, 6.45) is 3.84. The monoisotopic (exact) mass is 296 g/mol. The van der Waals surface area contributed by atoms with Crippen molar-refractivity contribution >= 4 is 17.8 Å². The van der Waals surface area contributed by atoms with Crippen molar-refractivity contribution in [3.05, 3.63) is 0 Å². The average Bonchev–Trinajstić information content (AvgIpc) is 2.90. The van der Waals surface area contributed by atoms with Crippen LogP contribution in [0.1, 0.15) is 39.5 Å². The van der Waals surface area contributed by atoms with E-state index in [2.05, 4.69) is 5.32 Å². The lowest BCUT2D eigenvalue weighted by Crippen LogP contribution is -2.63. The first-order valence-corrected chi connectivity index (χ1v) is 7.64. The molecule has 0 aromatic rings. The van der Waals surface area contributed by atoms with Crippen molar-refractivity contribution in [2.75, 3.05) is 13.7 Å². The number of ether oxygens (including phenoxy) is 1. The maximum Gasteiger partial charge on any atom is 0.331 e. The summed E-state index contributed by atoms with van der Waals surface area (Å²) >= 11 is 0. The average molecular weight is 296 g/mol. The standard InChI is InChI=1S/C15H24N2O4/c1-9(2)11(8-21-3)17-14(19)12(10-6-4-5-7-10)13(18)16-15(17)20/h9-12H,4-8H2,1-3H3,(H,16,18,20). The first-order chi connectivity index (χ1) is 9.97. The van der Waals surface area contributed by atoms with Gasteiger partial charge in [0.25, 0.3) is 0 Å². The predicted molar refractivity (Wildman–Crippen MR) is 76.3 cm³/mol. The highest BCUT2D eigenvalue weighted by Gasteiger charge is 2.47. The molecule has 118 valence electrons. The molecule has 1 aliphatic carbocycles. The topological polar surface area (TPSA) is 75.7 Å². The molecule has 0 spiro atoms. The Morgan fingerprint density at radius 1 is 1.24 bits per heavy atom. The van der Waals surface area contributed by atoms with Crippen molar-refractivity contribution in [3.63, 3.8) is 0 Å². The third kappa shape index (κ3) is 3.10. The molecular formula is C15H24N2O4. The number of amides is 4. The normalized spacial score (nSPS) is 25.6. The van der Waals surface area contributed by atoms with Gasteiger partial charge in [-0.1, -0.05) is 26.7 Å². The Hall–Kier alpha value is -1.43. The summed E-state index contributed by atoms with van der Waals surface area (Å²) in [5.41, 5.74) is 0. The molecule has 0 bridgehead atoms. The van der Waals surface area contributed by atoms with E-state index in [0.717, 1.165) is 25.7 Å². The number of imide groups is 2. The van der Waals surface area contributed by atoms with Crippen LogP contribution in [0.25, 0.3) is 0 Å². The molecule has 6 nitrogen and oxygen atoms in total. The highest BCUT2D eigenvalue weighted by Crippen LogP contribution is 2.34. The fourth-order valence-electron chi connectivity index (χ4n) is 3.36. The number of carbonyl (C=O) groups is 3. The molecule has 2 fully saturated rings. The molecule has 1 saturated heterocycles. The molecule has 1 heterocycles. The van der Waals surface area contributed by atoms with E-state index in [1.807, 2.05) is 13.8 Å². The van der Waals surface area contributed by atoms with Crippen LogP contribution >= 0.6 is 0 Å². The number of hydrogen-bond donors (Lipinski definition) is 1. The van der Waals surface area contributed by atoms with Crippen LogP contribution in [-0.2, 0) is 14.3 Å². The number of carbonyl (C=O) groups excluding carboxylic acids is 3. The highest BCUT2D eigenvalue weighted by molar-refractivity contribution is 6.16. The van der Waals surface area contributed by atoms with Gasteiger partial charge in [-0.2, -0.15) is 0 Å². The van der Waals surface area contributed by atoms with Crippen LogP contribution in [0.5, 0.6) is 0 Å². The number of nitrogens with one attached hydrogen (secondary N) is 1. The highest BCUT2D eigenvalue weighted by atomic mass is 16.5. The molecule has 1 aliphatic heterocycles. The van der Waals surface area contributed by atoms with Crippen LogP contribution in [0.2, 0.25) is 0 Å². The van der Waals surface area contributed by atoms with Crippen molar-refractivity contribution in [2.24, 2.45) is 17.8 Å². The van der Waals surface area contributed by atoms with Crippen molar-refractivity contribution in [3.8, 4) is 0 Å². The van der Waals surface area contributed by atoms with Crippen LogP contribution in [0.3, 0.4) is 0 Å². The molecule has 0 aromatic carbocycles. The van der Waals surface area contributed by atoms with E-state index < -0.39 is 17.9 Å². The minimum Gasteiger partial charge on any atom is -0.383 e. The van der Waals surface area contributed by atoms with Crippen LogP contribution in [0, 0.1) is 17.8 Å². The van der Waals surface area contributed by atoms with Gasteiger partial charge in [-0.3, -0.25) is 19.8 Å². The molecule has 1 N–H and O–H groups in total. The molecule has 1 saturated carbocycles. The minimum atomic E-state index is -0.719. The zero-order valence-electron chi connectivity index (χ0n) is 12.9. The second kappa shape index (κ2) is 6.56. The van der Waals surface area contributed by atoms with Gasteiger partial charge in [0.15, 0.2) is 0 Å². The second-order valence-corrected chi connectivity index (χ2v) is 6.29. The summed E-state index contributed by atoms with van der Waals surface area (Å²) in [5, 5.41) is 2.35. The fraction of sp³-hybridized carbons (Fsp3) is 0.800. The van der Waals surface area contributed by atoms with Gasteiger partial charge in [-0.25, -0.2) is 4.79 Å². The zero-order chi connectivity index (χ0) is 15.6. The van der Waals surface area contributed by atoms with Crippen LogP contribution in [-0.4, -0.2) is 42.5 Å². The number of methoxy groups -OCH3 is 1. The lowest BCUT2D eigenvalue weighted by molar-refractivity contribution is -0.148. The van der Waals surface area contributed by atoms with Crippen LogP contribution in [0.4, 0.5) is 4.79 Å². The summed E-state index contributed by atoms with van der Waals surface area (Å²) in [7, 11) is 1.54. The smallest absolute Gasteiger partial charge is 0.331 e. The van der Waals surface area contributed by atoms with E-state index in [1.165, 1.54) is 4.90 Å². The molecule has 2 unspecified atom stereocenters. The molecule has 2 atom stereocenters. The molecule has 0 radical (unpaired) electrons. The van der Waals surface area contributed by atoms with Crippen LogP contribution < -0.4 is 5.32 Å². The zero-order valence-corrected chi connectivity index (χ0v) is 12.9. The van der Waals surface area contributed by atoms with Crippen LogP contribution in [0.15, 0.2) is 0 Å². The van der Waals surface area contributed by atoms with Gasteiger partial charge >= 0.3 is 6.03 Å². The van der Waals surface area contributed by atoms with E-state index in [4.69, 9.17) is 4.74 Å². The number of urea groups is 1. The quantitative estimate of drug-likeness (QED) is 0.781. The van der Waals surface area contributed by atoms with Gasteiger partial charge in [-0.15, -0.1) is 0 Å². The summed E-state index contributed by atoms with van der Waals surface area (Å²) in [6.45, 7) is 4.15. The minimum absolute atomic E-state index is 0.0588. The Morgan fingerprint density at radius 2 is 1.86 bits per heavy atom. The molecule has 2 rings (SSSR count). The van der Waals surface area contributed by atoms with E-state index >= 15 is 0 Å². The van der Waals surface area contributed by atoms with Gasteiger partial charge in [0, 0.05) is 7.11 Å². The molecule has 2 aliphatic rings. The van der Waals surface area contributed by atoms with Gasteiger partial charge in [0.2, 0.25) is 11.8 Å². The van der Waals surface area contributed by atoms with E-state index in [0.29, 0.717) is 0 Å². The Balaban J connectivity index is 2.25. The van der Waals surface area contributed by atoms with E-state index in [1.54, 1.807) is 7.11 Å². The Kier molecular flexibility index (Phi) is 4.98. The van der Waals surface area contributed by atoms with Gasteiger partial charge in [-0.05, 0) is 24.7 Å². The molecule has 6 heteroatoms. The maximum absolute atomic E-state index is 12.7. The predicted octanol–water partition coefficient (Wildman–Crippen LogP) is 1.54. The number of barbiturate groups is 1. The molecule has 0 aromatic heterocycles. The maximum atomic E-state index is 12.7. The molecule has 21 heavy (non-hydrogen) atoms. The van der Waals surface area contributed by atoms with Gasteiger partial charge in [0.05, 0.1) is 12.6 Å². The number of rotatable bonds is 5. The summed E-state index contributed by atoms with van der Waals surface area (Å²) in [6, 6.07) is -0.963. The van der Waals surface area contributed by atoms with Gasteiger partial charge < -0.3 is 4.74 Å². The largest absolute Gasteiger partial charge is 0.383 e. The third-order valence-electron chi connectivity index (χ3n) is 4.54. The van der Waals surface area contributed by atoms with E-state index in [9.17, 15) is 14.4 Å². The lowest BCUT2D eigenvalue weighted by atomic mass is 9.86. The van der Waals surface area contributed by atoms with Crippen molar-refractivity contribution in [1.29, 1.82) is 0 Å². The summed E-state index contributed by atoms with van der Waals surface area (Å²) < 4.78 is 5.14. The van der Waals surface area contributed by atoms with Crippen molar-refractivity contribution in [1.82, 2.24) is 10.2 Å². The SMILES string of the molecule is COCC(C(C)C)N1C(=O)NC(=O)C(C2CCCC2)C1=O. The Morgan fingerprint density at radius 3 is 2.38 bits per heavy atom. The third-order valence-corrected chi connectivity index (χ3v) is 4.54. The summed E-state index contributed by atoms with van der Waals surface area (Å²) in [5.74, 6) is -1.39. The van der Waals surface area contributed by atoms with Gasteiger partial charge in [0.1, 0.15) is 5.92 Å². The number of nitrogens with zero attached hydrogens (tertiary/aromatic N) is 1. The van der Waals surface area contributed by atoms with E-state index in [-0.39, 0.29) is 30.4 Å². The second-order valence-electron chi connectivity index (χ2n) is 6.29. The first-order valence-electron chi connectivity index (χ1n) is 7.64. The summed E-state index contributed by atoms with van der Waals surface area (Å²) in [4.78, 5) is 38.2. The fourth-order valence-corrected chi connectivity index (χ4v) is 3.36. The van der Waals surface area contributed by atoms with Crippen molar-refractivity contribution in [2.45, 2.75) is 45.6 Å².